The zero-order valence-electron chi connectivity index (χ0n) is 10.3. The molecular formula is C12H16ClN3S. The van der Waals surface area contributed by atoms with E-state index >= 15 is 0 Å². The van der Waals surface area contributed by atoms with Crippen LogP contribution in [-0.4, -0.2) is 14.8 Å². The lowest BCUT2D eigenvalue weighted by atomic mass is 9.95. The summed E-state index contributed by atoms with van der Waals surface area (Å²) in [6.07, 6.45) is 0.963. The van der Waals surface area contributed by atoms with Crippen molar-refractivity contribution in [3.8, 4) is 0 Å². The average molecular weight is 270 g/mol. The van der Waals surface area contributed by atoms with E-state index < -0.39 is 0 Å². The van der Waals surface area contributed by atoms with Crippen molar-refractivity contribution in [2.75, 3.05) is 0 Å². The molecule has 92 valence electrons. The van der Waals surface area contributed by atoms with Gasteiger partial charge in [0.25, 0.3) is 0 Å². The minimum absolute atomic E-state index is 0.0330. The summed E-state index contributed by atoms with van der Waals surface area (Å²) < 4.78 is 2.00. The van der Waals surface area contributed by atoms with Crippen LogP contribution in [0.2, 0.25) is 5.28 Å². The van der Waals surface area contributed by atoms with Gasteiger partial charge in [-0.15, -0.1) is 10.2 Å². The van der Waals surface area contributed by atoms with Crippen molar-refractivity contribution in [1.82, 2.24) is 14.8 Å². The molecule has 0 amide bonds. The summed E-state index contributed by atoms with van der Waals surface area (Å²) in [6.45, 7) is 7.19. The van der Waals surface area contributed by atoms with E-state index in [1.807, 2.05) is 4.57 Å². The standard InChI is InChI=1S/C12H16ClN3S/c1-12(2,3)10-14-15-11(13)16(10)6-4-9-5-7-17-8-9/h5,7-8H,4,6H2,1-3H3. The largest absolute Gasteiger partial charge is 0.301 e. The van der Waals surface area contributed by atoms with Gasteiger partial charge in [0.1, 0.15) is 5.82 Å². The maximum Gasteiger partial charge on any atom is 0.225 e. The first-order valence-electron chi connectivity index (χ1n) is 5.59. The zero-order chi connectivity index (χ0) is 12.5. The minimum Gasteiger partial charge on any atom is -0.301 e. The molecule has 0 saturated carbocycles. The summed E-state index contributed by atoms with van der Waals surface area (Å²) in [5.41, 5.74) is 1.30. The topological polar surface area (TPSA) is 30.7 Å². The Morgan fingerprint density at radius 1 is 1.35 bits per heavy atom. The van der Waals surface area contributed by atoms with E-state index in [9.17, 15) is 0 Å². The third-order valence-corrected chi connectivity index (χ3v) is 3.59. The Labute approximate surface area is 110 Å². The fourth-order valence-electron chi connectivity index (χ4n) is 1.71. The summed E-state index contributed by atoms with van der Waals surface area (Å²) in [4.78, 5) is 0. The average Bonchev–Trinajstić information content (AvgIpc) is 2.83. The highest BCUT2D eigenvalue weighted by molar-refractivity contribution is 7.07. The number of thiophene rings is 1. The number of hydrogen-bond donors (Lipinski definition) is 0. The van der Waals surface area contributed by atoms with Gasteiger partial charge < -0.3 is 4.57 Å². The maximum absolute atomic E-state index is 6.08. The molecule has 0 fully saturated rings. The van der Waals surface area contributed by atoms with E-state index in [0.29, 0.717) is 5.28 Å². The summed E-state index contributed by atoms with van der Waals surface area (Å²) in [6, 6.07) is 2.14. The first-order valence-corrected chi connectivity index (χ1v) is 6.91. The molecular weight excluding hydrogens is 254 g/mol. The Balaban J connectivity index is 2.18. The highest BCUT2D eigenvalue weighted by atomic mass is 35.5. The monoisotopic (exact) mass is 269 g/mol. The lowest BCUT2D eigenvalue weighted by molar-refractivity contribution is 0.497. The van der Waals surface area contributed by atoms with Crippen LogP contribution in [0.3, 0.4) is 0 Å². The minimum atomic E-state index is -0.0330. The second kappa shape index (κ2) is 4.78. The molecule has 0 saturated heterocycles. The van der Waals surface area contributed by atoms with Crippen molar-refractivity contribution in [2.45, 2.75) is 39.2 Å². The van der Waals surface area contributed by atoms with Crippen molar-refractivity contribution >= 4 is 22.9 Å². The summed E-state index contributed by atoms with van der Waals surface area (Å²) in [5, 5.41) is 12.9. The Morgan fingerprint density at radius 3 is 2.71 bits per heavy atom. The number of nitrogens with zero attached hydrogens (tertiary/aromatic N) is 3. The number of aryl methyl sites for hydroxylation is 1. The molecule has 0 aliphatic heterocycles. The molecule has 17 heavy (non-hydrogen) atoms. The first kappa shape index (κ1) is 12.6. The highest BCUT2D eigenvalue weighted by Gasteiger charge is 2.22. The molecule has 0 unspecified atom stereocenters. The van der Waals surface area contributed by atoms with E-state index in [2.05, 4.69) is 47.8 Å². The van der Waals surface area contributed by atoms with Gasteiger partial charge in [-0.25, -0.2) is 0 Å². The molecule has 2 heterocycles. The lowest BCUT2D eigenvalue weighted by Crippen LogP contribution is -2.19. The molecule has 0 atom stereocenters. The van der Waals surface area contributed by atoms with Crippen LogP contribution in [0.5, 0.6) is 0 Å². The molecule has 0 aliphatic carbocycles. The van der Waals surface area contributed by atoms with Crippen molar-refractivity contribution < 1.29 is 0 Å². The second-order valence-corrected chi connectivity index (χ2v) is 6.19. The van der Waals surface area contributed by atoms with Gasteiger partial charge >= 0.3 is 0 Å². The van der Waals surface area contributed by atoms with Crippen LogP contribution in [0.25, 0.3) is 0 Å². The van der Waals surface area contributed by atoms with Crippen LogP contribution >= 0.6 is 22.9 Å². The molecule has 2 aromatic heterocycles. The molecule has 3 nitrogen and oxygen atoms in total. The number of halogens is 1. The van der Waals surface area contributed by atoms with Crippen molar-refractivity contribution in [3.63, 3.8) is 0 Å². The fraction of sp³-hybridized carbons (Fsp3) is 0.500. The Morgan fingerprint density at radius 2 is 2.12 bits per heavy atom. The summed E-state index contributed by atoms with van der Waals surface area (Å²) in [7, 11) is 0. The van der Waals surface area contributed by atoms with Gasteiger partial charge in [-0.2, -0.15) is 11.3 Å². The van der Waals surface area contributed by atoms with E-state index in [1.165, 1.54) is 5.56 Å². The molecule has 5 heteroatoms. The first-order chi connectivity index (χ1) is 7.98. The van der Waals surface area contributed by atoms with Gasteiger partial charge in [-0.1, -0.05) is 20.8 Å². The van der Waals surface area contributed by atoms with E-state index in [-0.39, 0.29) is 5.41 Å². The maximum atomic E-state index is 6.08. The van der Waals surface area contributed by atoms with Gasteiger partial charge in [-0.05, 0) is 40.4 Å². The second-order valence-electron chi connectivity index (χ2n) is 5.08. The van der Waals surface area contributed by atoms with E-state index in [1.54, 1.807) is 11.3 Å². The molecule has 0 aliphatic rings. The normalized spacial score (nSPS) is 12.0. The predicted molar refractivity (Wildman–Crippen MR) is 71.8 cm³/mol. The van der Waals surface area contributed by atoms with Crippen LogP contribution in [0.4, 0.5) is 0 Å². The van der Waals surface area contributed by atoms with E-state index in [0.717, 1.165) is 18.8 Å². The quantitative estimate of drug-likeness (QED) is 0.853. The Kier molecular flexibility index (Phi) is 3.54. The molecule has 2 rings (SSSR count). The SMILES string of the molecule is CC(C)(C)c1nnc(Cl)n1CCc1ccsc1. The molecule has 0 radical (unpaired) electrons. The summed E-state index contributed by atoms with van der Waals surface area (Å²) in [5.74, 6) is 0.942. The highest BCUT2D eigenvalue weighted by Crippen LogP contribution is 2.23. The molecule has 0 spiro atoms. The van der Waals surface area contributed by atoms with Gasteiger partial charge in [0, 0.05) is 12.0 Å². The number of hydrogen-bond acceptors (Lipinski definition) is 3. The van der Waals surface area contributed by atoms with Crippen LogP contribution in [0, 0.1) is 0 Å². The van der Waals surface area contributed by atoms with Gasteiger partial charge in [0.15, 0.2) is 0 Å². The summed E-state index contributed by atoms with van der Waals surface area (Å²) >= 11 is 7.80. The van der Waals surface area contributed by atoms with Gasteiger partial charge in [-0.3, -0.25) is 0 Å². The van der Waals surface area contributed by atoms with Crippen molar-refractivity contribution in [3.05, 3.63) is 33.5 Å². The molecule has 0 bridgehead atoms. The Bertz CT molecular complexity index is 482. The van der Waals surface area contributed by atoms with E-state index in [4.69, 9.17) is 11.6 Å². The third kappa shape index (κ3) is 2.87. The molecule has 2 aromatic rings. The fourth-order valence-corrected chi connectivity index (χ4v) is 2.62. The van der Waals surface area contributed by atoms with Crippen LogP contribution < -0.4 is 0 Å². The smallest absolute Gasteiger partial charge is 0.225 e. The molecule has 0 aromatic carbocycles. The molecule has 0 N–H and O–H groups in total. The van der Waals surface area contributed by atoms with Crippen LogP contribution in [0.1, 0.15) is 32.2 Å². The lowest BCUT2D eigenvalue weighted by Gasteiger charge is -2.18. The van der Waals surface area contributed by atoms with Crippen LogP contribution in [0.15, 0.2) is 16.8 Å². The van der Waals surface area contributed by atoms with Crippen molar-refractivity contribution in [2.24, 2.45) is 0 Å². The third-order valence-electron chi connectivity index (χ3n) is 2.58. The van der Waals surface area contributed by atoms with Gasteiger partial charge in [0.05, 0.1) is 0 Å². The van der Waals surface area contributed by atoms with Crippen molar-refractivity contribution in [1.29, 1.82) is 0 Å². The predicted octanol–water partition coefficient (Wildman–Crippen LogP) is 3.53. The Hall–Kier alpha value is -0.870. The number of rotatable bonds is 3. The number of aromatic nitrogens is 3. The van der Waals surface area contributed by atoms with Crippen LogP contribution in [-0.2, 0) is 18.4 Å². The zero-order valence-corrected chi connectivity index (χ0v) is 11.8. The van der Waals surface area contributed by atoms with Gasteiger partial charge in [0.2, 0.25) is 5.28 Å².